The van der Waals surface area contributed by atoms with E-state index in [0.717, 1.165) is 23.1 Å². The van der Waals surface area contributed by atoms with Gasteiger partial charge in [0.25, 0.3) is 5.91 Å². The van der Waals surface area contributed by atoms with Crippen molar-refractivity contribution < 1.29 is 22.7 Å². The summed E-state index contributed by atoms with van der Waals surface area (Å²) in [6.45, 7) is 2.53. The van der Waals surface area contributed by atoms with Gasteiger partial charge in [-0.1, -0.05) is 18.2 Å². The van der Waals surface area contributed by atoms with Gasteiger partial charge in [-0.3, -0.25) is 9.10 Å². The lowest BCUT2D eigenvalue weighted by Gasteiger charge is -2.21. The highest BCUT2D eigenvalue weighted by Crippen LogP contribution is 2.35. The number of amides is 1. The summed E-state index contributed by atoms with van der Waals surface area (Å²) >= 11 is 0. The van der Waals surface area contributed by atoms with Crippen molar-refractivity contribution in [1.82, 2.24) is 5.32 Å². The number of ether oxygens (including phenoxy) is 2. The summed E-state index contributed by atoms with van der Waals surface area (Å²) in [7, 11) is -1.86. The van der Waals surface area contributed by atoms with Gasteiger partial charge in [0.2, 0.25) is 10.0 Å². The molecule has 1 N–H and O–H groups in total. The number of nitrogens with zero attached hydrogens (tertiary/aromatic N) is 1. The van der Waals surface area contributed by atoms with Crippen molar-refractivity contribution >= 4 is 21.6 Å². The van der Waals surface area contributed by atoms with Crippen LogP contribution in [0.25, 0.3) is 0 Å². The lowest BCUT2D eigenvalue weighted by atomic mass is 10.1. The summed E-state index contributed by atoms with van der Waals surface area (Å²) in [6, 6.07) is 13.0. The van der Waals surface area contributed by atoms with E-state index in [1.807, 2.05) is 37.3 Å². The first-order valence-corrected chi connectivity index (χ1v) is 11.3. The normalized spacial score (nSPS) is 16.4. The van der Waals surface area contributed by atoms with Gasteiger partial charge >= 0.3 is 0 Å². The van der Waals surface area contributed by atoms with Crippen LogP contribution in [0.1, 0.15) is 17.5 Å². The molecule has 8 heteroatoms. The minimum absolute atomic E-state index is 0.186. The van der Waals surface area contributed by atoms with Gasteiger partial charge in [0.1, 0.15) is 11.5 Å². The molecule has 1 aliphatic rings. The Balaban J connectivity index is 1.66. The molecule has 2 aromatic rings. The Kier molecular flexibility index (Phi) is 6.32. The molecule has 0 fully saturated rings. The first kappa shape index (κ1) is 21.0. The van der Waals surface area contributed by atoms with E-state index in [9.17, 15) is 13.2 Å². The van der Waals surface area contributed by atoms with Crippen LogP contribution < -0.4 is 19.1 Å². The van der Waals surface area contributed by atoms with Crippen LogP contribution in [0.5, 0.6) is 11.5 Å². The maximum absolute atomic E-state index is 12.7. The fourth-order valence-corrected chi connectivity index (χ4v) is 4.19. The zero-order valence-electron chi connectivity index (χ0n) is 16.8. The molecule has 156 valence electrons. The van der Waals surface area contributed by atoms with E-state index in [0.29, 0.717) is 24.4 Å². The number of nitrogens with one attached hydrogen (secondary N) is 1. The van der Waals surface area contributed by atoms with Crippen molar-refractivity contribution in [1.29, 1.82) is 0 Å². The van der Waals surface area contributed by atoms with Crippen molar-refractivity contribution in [2.24, 2.45) is 0 Å². The SMILES string of the molecule is COc1ccc(CCNC(=O)C2CCN(S(C)(=O)=O)c3cc(C)ccc3O2)cc1. The second-order valence-corrected chi connectivity index (χ2v) is 9.00. The van der Waals surface area contributed by atoms with E-state index in [2.05, 4.69) is 5.32 Å². The van der Waals surface area contributed by atoms with Crippen LogP contribution in [0.15, 0.2) is 42.5 Å². The summed E-state index contributed by atoms with van der Waals surface area (Å²) < 4.78 is 36.8. The van der Waals surface area contributed by atoms with Crippen LogP contribution >= 0.6 is 0 Å². The van der Waals surface area contributed by atoms with Crippen molar-refractivity contribution in [3.8, 4) is 11.5 Å². The van der Waals surface area contributed by atoms with E-state index in [-0.39, 0.29) is 18.9 Å². The Morgan fingerprint density at radius 3 is 2.62 bits per heavy atom. The smallest absolute Gasteiger partial charge is 0.261 e. The highest BCUT2D eigenvalue weighted by molar-refractivity contribution is 7.92. The molecular weight excluding hydrogens is 392 g/mol. The quantitative estimate of drug-likeness (QED) is 0.778. The molecule has 0 saturated heterocycles. The minimum atomic E-state index is -3.48. The fourth-order valence-electron chi connectivity index (χ4n) is 3.25. The van der Waals surface area contributed by atoms with Crippen LogP contribution in [0.4, 0.5) is 5.69 Å². The highest BCUT2D eigenvalue weighted by Gasteiger charge is 2.31. The molecule has 1 unspecified atom stereocenters. The van der Waals surface area contributed by atoms with E-state index < -0.39 is 16.1 Å². The summed E-state index contributed by atoms with van der Waals surface area (Å²) in [5, 5.41) is 2.89. The van der Waals surface area contributed by atoms with Crippen molar-refractivity contribution in [3.05, 3.63) is 53.6 Å². The number of rotatable bonds is 6. The molecular formula is C21H26N2O5S. The molecule has 1 heterocycles. The maximum atomic E-state index is 12.7. The predicted molar refractivity (Wildman–Crippen MR) is 112 cm³/mol. The third-order valence-electron chi connectivity index (χ3n) is 4.81. The number of hydrogen-bond donors (Lipinski definition) is 1. The van der Waals surface area contributed by atoms with Crippen LogP contribution in [0, 0.1) is 6.92 Å². The van der Waals surface area contributed by atoms with Gasteiger partial charge < -0.3 is 14.8 Å². The first-order valence-electron chi connectivity index (χ1n) is 9.43. The van der Waals surface area contributed by atoms with E-state index in [1.165, 1.54) is 4.31 Å². The minimum Gasteiger partial charge on any atom is -0.497 e. The Hall–Kier alpha value is -2.74. The van der Waals surface area contributed by atoms with Crippen molar-refractivity contribution in [3.63, 3.8) is 0 Å². The predicted octanol–water partition coefficient (Wildman–Crippen LogP) is 2.28. The number of hydrogen-bond acceptors (Lipinski definition) is 5. The van der Waals surface area contributed by atoms with Crippen LogP contribution in [-0.4, -0.2) is 46.9 Å². The van der Waals surface area contributed by atoms with E-state index in [1.54, 1.807) is 19.2 Å². The fraction of sp³-hybridized carbons (Fsp3) is 0.381. The van der Waals surface area contributed by atoms with Crippen molar-refractivity contribution in [2.45, 2.75) is 25.9 Å². The topological polar surface area (TPSA) is 84.9 Å². The second-order valence-electron chi connectivity index (χ2n) is 7.09. The third-order valence-corrected chi connectivity index (χ3v) is 5.99. The summed E-state index contributed by atoms with van der Waals surface area (Å²) in [5.74, 6) is 0.934. The first-order chi connectivity index (χ1) is 13.8. The molecule has 1 aliphatic heterocycles. The largest absolute Gasteiger partial charge is 0.497 e. The van der Waals surface area contributed by atoms with Gasteiger partial charge in [-0.2, -0.15) is 0 Å². The van der Waals surface area contributed by atoms with Gasteiger partial charge in [-0.15, -0.1) is 0 Å². The van der Waals surface area contributed by atoms with E-state index in [4.69, 9.17) is 9.47 Å². The number of methoxy groups -OCH3 is 1. The molecule has 2 aromatic carbocycles. The maximum Gasteiger partial charge on any atom is 0.261 e. The molecule has 0 spiro atoms. The molecule has 3 rings (SSSR count). The zero-order chi connectivity index (χ0) is 21.0. The number of carbonyl (C=O) groups excluding carboxylic acids is 1. The summed E-state index contributed by atoms with van der Waals surface area (Å²) in [6.07, 6.45) is 1.36. The number of sulfonamides is 1. The molecule has 0 saturated carbocycles. The highest BCUT2D eigenvalue weighted by atomic mass is 32.2. The summed E-state index contributed by atoms with van der Waals surface area (Å²) in [4.78, 5) is 12.7. The van der Waals surface area contributed by atoms with Crippen molar-refractivity contribution in [2.75, 3.05) is 30.8 Å². The average Bonchev–Trinajstić information content (AvgIpc) is 2.87. The van der Waals surface area contributed by atoms with Gasteiger partial charge in [-0.05, 0) is 48.7 Å². The molecule has 1 amide bonds. The number of fused-ring (bicyclic) bond motifs is 1. The average molecular weight is 419 g/mol. The van der Waals surface area contributed by atoms with Crippen LogP contribution in [0.3, 0.4) is 0 Å². The van der Waals surface area contributed by atoms with Gasteiger partial charge in [0, 0.05) is 19.5 Å². The van der Waals surface area contributed by atoms with Crippen LogP contribution in [-0.2, 0) is 21.2 Å². The number of aryl methyl sites for hydroxylation is 1. The molecule has 0 aliphatic carbocycles. The molecule has 29 heavy (non-hydrogen) atoms. The third kappa shape index (κ3) is 5.20. The number of carbonyl (C=O) groups is 1. The zero-order valence-corrected chi connectivity index (χ0v) is 17.7. The monoisotopic (exact) mass is 418 g/mol. The Labute approximate surface area is 171 Å². The standard InChI is InChI=1S/C21H26N2O5S/c1-15-4-9-19-18(14-15)23(29(3,25)26)13-11-20(28-19)21(24)22-12-10-16-5-7-17(27-2)8-6-16/h4-9,14,20H,10-13H2,1-3H3,(H,22,24). The second kappa shape index (κ2) is 8.73. The number of anilines is 1. The molecule has 0 radical (unpaired) electrons. The Bertz CT molecular complexity index is 973. The molecule has 1 atom stereocenters. The molecule has 7 nitrogen and oxygen atoms in total. The Morgan fingerprint density at radius 1 is 1.24 bits per heavy atom. The molecule has 0 bridgehead atoms. The van der Waals surface area contributed by atoms with E-state index >= 15 is 0 Å². The summed E-state index contributed by atoms with van der Waals surface area (Å²) in [5.41, 5.74) is 2.47. The lowest BCUT2D eigenvalue weighted by Crippen LogP contribution is -2.40. The lowest BCUT2D eigenvalue weighted by molar-refractivity contribution is -0.128. The molecule has 0 aromatic heterocycles. The van der Waals surface area contributed by atoms with Crippen LogP contribution in [0.2, 0.25) is 0 Å². The Morgan fingerprint density at radius 2 is 1.97 bits per heavy atom. The van der Waals surface area contributed by atoms with Gasteiger partial charge in [0.15, 0.2) is 6.10 Å². The number of benzene rings is 2. The van der Waals surface area contributed by atoms with Gasteiger partial charge in [-0.25, -0.2) is 8.42 Å². The van der Waals surface area contributed by atoms with Gasteiger partial charge in [0.05, 0.1) is 19.1 Å².